The average molecular weight is 375 g/mol. The largest absolute Gasteiger partial charge is 0.292 e. The maximum absolute atomic E-state index is 11.9. The van der Waals surface area contributed by atoms with Crippen LogP contribution in [0, 0.1) is 6.92 Å². The lowest BCUT2D eigenvalue weighted by atomic mass is 10.1. The summed E-state index contributed by atoms with van der Waals surface area (Å²) in [5.41, 5.74) is 2.34. The number of aryl methyl sites for hydroxylation is 1. The molecule has 0 aliphatic carbocycles. The van der Waals surface area contributed by atoms with Crippen molar-refractivity contribution in [3.8, 4) is 0 Å². The van der Waals surface area contributed by atoms with E-state index in [1.807, 2.05) is 19.1 Å². The molecule has 0 aliphatic heterocycles. The van der Waals surface area contributed by atoms with Crippen LogP contribution in [0.25, 0.3) is 0 Å². The van der Waals surface area contributed by atoms with Gasteiger partial charge in [-0.05, 0) is 28.4 Å². The highest BCUT2D eigenvalue weighted by Gasteiger charge is 2.08. The van der Waals surface area contributed by atoms with Gasteiger partial charge >= 0.3 is 0 Å². The molecule has 118 valence electrons. The topological polar surface area (TPSA) is 77.6 Å². The molecule has 1 amide bonds. The van der Waals surface area contributed by atoms with Gasteiger partial charge in [-0.3, -0.25) is 14.8 Å². The molecule has 0 atom stereocenters. The van der Waals surface area contributed by atoms with E-state index in [-0.39, 0.29) is 18.4 Å². The molecule has 3 aromatic rings. The number of rotatable bonds is 5. The second-order valence-electron chi connectivity index (χ2n) is 5.16. The number of halogens is 1. The Kier molecular flexibility index (Phi) is 4.52. The summed E-state index contributed by atoms with van der Waals surface area (Å²) in [5, 5.41) is 10.9. The smallest absolute Gasteiger partial charge is 0.248 e. The van der Waals surface area contributed by atoms with Crippen molar-refractivity contribution in [2.24, 2.45) is 0 Å². The second kappa shape index (κ2) is 6.74. The number of aromatic nitrogens is 5. The number of carbonyl (C=O) groups is 1. The first-order valence-corrected chi connectivity index (χ1v) is 7.80. The Morgan fingerprint density at radius 3 is 2.74 bits per heavy atom. The van der Waals surface area contributed by atoms with Crippen molar-refractivity contribution >= 4 is 27.8 Å². The zero-order valence-electron chi connectivity index (χ0n) is 12.5. The number of nitrogens with zero attached hydrogens (tertiary/aromatic N) is 5. The monoisotopic (exact) mass is 374 g/mol. The molecule has 0 saturated heterocycles. The fourth-order valence-corrected chi connectivity index (χ4v) is 2.37. The molecule has 0 bridgehead atoms. The van der Waals surface area contributed by atoms with Crippen LogP contribution in [0.15, 0.2) is 47.5 Å². The van der Waals surface area contributed by atoms with Crippen LogP contribution >= 0.6 is 15.9 Å². The van der Waals surface area contributed by atoms with Gasteiger partial charge in [0.15, 0.2) is 0 Å². The van der Waals surface area contributed by atoms with E-state index in [0.29, 0.717) is 6.54 Å². The van der Waals surface area contributed by atoms with Crippen molar-refractivity contribution in [2.75, 3.05) is 5.32 Å². The molecule has 2 aromatic heterocycles. The summed E-state index contributed by atoms with van der Waals surface area (Å²) in [7, 11) is 0. The third-order valence-electron chi connectivity index (χ3n) is 3.16. The van der Waals surface area contributed by atoms with E-state index in [4.69, 9.17) is 0 Å². The number of amides is 1. The Labute approximate surface area is 141 Å². The average Bonchev–Trinajstić information content (AvgIpc) is 3.11. The highest BCUT2D eigenvalue weighted by molar-refractivity contribution is 9.10. The summed E-state index contributed by atoms with van der Waals surface area (Å²) in [6.45, 7) is 2.76. The highest BCUT2D eigenvalue weighted by Crippen LogP contribution is 2.07. The molecule has 0 radical (unpaired) electrons. The van der Waals surface area contributed by atoms with E-state index in [9.17, 15) is 4.79 Å². The van der Waals surface area contributed by atoms with Crippen LogP contribution in [0.2, 0.25) is 0 Å². The molecule has 0 fully saturated rings. The van der Waals surface area contributed by atoms with Gasteiger partial charge in [-0.2, -0.15) is 5.10 Å². The fraction of sp³-hybridized carbons (Fsp3) is 0.200. The maximum Gasteiger partial charge on any atom is 0.248 e. The van der Waals surface area contributed by atoms with E-state index in [0.717, 1.165) is 10.0 Å². The van der Waals surface area contributed by atoms with Crippen LogP contribution in [0.4, 0.5) is 5.95 Å². The Balaban J connectivity index is 1.58. The predicted octanol–water partition coefficient (Wildman–Crippen LogP) is 2.23. The first-order valence-electron chi connectivity index (χ1n) is 7.01. The van der Waals surface area contributed by atoms with Crippen LogP contribution < -0.4 is 5.32 Å². The summed E-state index contributed by atoms with van der Waals surface area (Å²) in [4.78, 5) is 16.0. The van der Waals surface area contributed by atoms with Gasteiger partial charge in [0.1, 0.15) is 12.9 Å². The SMILES string of the molecule is Cc1ccc(Cn2cnc(NC(=O)Cn3cc(Br)cn3)n2)cc1. The zero-order chi connectivity index (χ0) is 16.2. The molecule has 1 N–H and O–H groups in total. The minimum atomic E-state index is -0.228. The molecule has 7 nitrogen and oxygen atoms in total. The molecule has 0 unspecified atom stereocenters. The lowest BCUT2D eigenvalue weighted by Crippen LogP contribution is -2.19. The third-order valence-corrected chi connectivity index (χ3v) is 3.57. The van der Waals surface area contributed by atoms with E-state index in [1.165, 1.54) is 10.2 Å². The van der Waals surface area contributed by atoms with Crippen molar-refractivity contribution in [3.05, 3.63) is 58.6 Å². The van der Waals surface area contributed by atoms with E-state index < -0.39 is 0 Å². The Hall–Kier alpha value is -2.48. The van der Waals surface area contributed by atoms with E-state index >= 15 is 0 Å². The molecule has 0 saturated carbocycles. The van der Waals surface area contributed by atoms with Crippen LogP contribution in [0.1, 0.15) is 11.1 Å². The van der Waals surface area contributed by atoms with Crippen molar-refractivity contribution < 1.29 is 4.79 Å². The second-order valence-corrected chi connectivity index (χ2v) is 6.07. The van der Waals surface area contributed by atoms with Crippen LogP contribution in [-0.2, 0) is 17.9 Å². The van der Waals surface area contributed by atoms with Crippen molar-refractivity contribution in [3.63, 3.8) is 0 Å². The Bertz CT molecular complexity index is 807. The van der Waals surface area contributed by atoms with Gasteiger partial charge in [-0.15, -0.1) is 5.10 Å². The lowest BCUT2D eigenvalue weighted by molar-refractivity contribution is -0.116. The van der Waals surface area contributed by atoms with Crippen LogP contribution in [0.5, 0.6) is 0 Å². The van der Waals surface area contributed by atoms with Gasteiger partial charge in [0, 0.05) is 6.20 Å². The first-order chi connectivity index (χ1) is 11.1. The van der Waals surface area contributed by atoms with Crippen LogP contribution in [0.3, 0.4) is 0 Å². The Morgan fingerprint density at radius 2 is 2.04 bits per heavy atom. The minimum absolute atomic E-state index is 0.109. The molecular formula is C15H15BrN6O. The molecule has 3 rings (SSSR count). The van der Waals surface area contributed by atoms with Gasteiger partial charge < -0.3 is 0 Å². The highest BCUT2D eigenvalue weighted by atomic mass is 79.9. The molecule has 0 aliphatic rings. The van der Waals surface area contributed by atoms with Gasteiger partial charge in [0.25, 0.3) is 0 Å². The molecular weight excluding hydrogens is 360 g/mol. The van der Waals surface area contributed by atoms with Gasteiger partial charge in [0.05, 0.1) is 17.2 Å². The summed E-state index contributed by atoms with van der Waals surface area (Å²) in [6, 6.07) is 8.20. The quantitative estimate of drug-likeness (QED) is 0.742. The minimum Gasteiger partial charge on any atom is -0.292 e. The first kappa shape index (κ1) is 15.4. The number of nitrogens with one attached hydrogen (secondary N) is 1. The van der Waals surface area contributed by atoms with Gasteiger partial charge in [0.2, 0.25) is 11.9 Å². The molecule has 0 spiro atoms. The van der Waals surface area contributed by atoms with Gasteiger partial charge in [-0.25, -0.2) is 9.67 Å². The van der Waals surface area contributed by atoms with Crippen molar-refractivity contribution in [1.82, 2.24) is 24.5 Å². The molecule has 8 heteroatoms. The standard InChI is InChI=1S/C15H15BrN6O/c1-11-2-4-12(5-3-11)7-22-10-17-15(20-22)19-14(23)9-21-8-13(16)6-18-21/h2-6,8,10H,7,9H2,1H3,(H,19,20,23). The fourth-order valence-electron chi connectivity index (χ4n) is 2.04. The maximum atomic E-state index is 11.9. The summed E-state index contributed by atoms with van der Waals surface area (Å²) in [6.07, 6.45) is 4.95. The zero-order valence-corrected chi connectivity index (χ0v) is 14.1. The van der Waals surface area contributed by atoms with Crippen molar-refractivity contribution in [1.29, 1.82) is 0 Å². The number of hydrogen-bond donors (Lipinski definition) is 1. The molecule has 2 heterocycles. The number of hydrogen-bond acceptors (Lipinski definition) is 4. The number of anilines is 1. The molecule has 23 heavy (non-hydrogen) atoms. The lowest BCUT2D eigenvalue weighted by Gasteiger charge is -2.02. The predicted molar refractivity (Wildman–Crippen MR) is 88.9 cm³/mol. The van der Waals surface area contributed by atoms with Crippen molar-refractivity contribution in [2.45, 2.75) is 20.0 Å². The normalized spacial score (nSPS) is 10.7. The van der Waals surface area contributed by atoms with E-state index in [2.05, 4.69) is 48.6 Å². The van der Waals surface area contributed by atoms with E-state index in [1.54, 1.807) is 23.4 Å². The summed E-state index contributed by atoms with van der Waals surface area (Å²) < 4.78 is 4.04. The summed E-state index contributed by atoms with van der Waals surface area (Å²) >= 11 is 3.29. The van der Waals surface area contributed by atoms with Crippen LogP contribution in [-0.4, -0.2) is 30.5 Å². The number of benzene rings is 1. The molecule has 1 aromatic carbocycles. The summed E-state index contributed by atoms with van der Waals surface area (Å²) in [5.74, 6) is 0.0574. The third kappa shape index (κ3) is 4.26. The van der Waals surface area contributed by atoms with Gasteiger partial charge in [-0.1, -0.05) is 29.8 Å². The Morgan fingerprint density at radius 1 is 1.26 bits per heavy atom. The number of carbonyl (C=O) groups excluding carboxylic acids is 1.